The molecule has 1 saturated heterocycles. The van der Waals surface area contributed by atoms with Gasteiger partial charge in [0.2, 0.25) is 0 Å². The number of nitrogens with one attached hydrogen (secondary N) is 1. The van der Waals surface area contributed by atoms with Crippen LogP contribution in [0.15, 0.2) is 12.1 Å². The van der Waals surface area contributed by atoms with Gasteiger partial charge in [0.05, 0.1) is 10.0 Å². The third-order valence-corrected chi connectivity index (χ3v) is 3.81. The summed E-state index contributed by atoms with van der Waals surface area (Å²) in [6.45, 7) is 4.31. The Morgan fingerprint density at radius 3 is 2.40 bits per heavy atom. The van der Waals surface area contributed by atoms with Gasteiger partial charge in [-0.05, 0) is 62.0 Å². The lowest BCUT2D eigenvalue weighted by Crippen LogP contribution is -2.26. The fourth-order valence-electron chi connectivity index (χ4n) is 2.23. The zero-order chi connectivity index (χ0) is 10.8. The van der Waals surface area contributed by atoms with Crippen LogP contribution in [-0.4, -0.2) is 13.1 Å². The maximum Gasteiger partial charge on any atom is 0.0595 e. The van der Waals surface area contributed by atoms with E-state index in [1.807, 2.05) is 12.1 Å². The molecular formula is C12H15Cl2N. The summed E-state index contributed by atoms with van der Waals surface area (Å²) >= 11 is 12.0. The summed E-state index contributed by atoms with van der Waals surface area (Å²) in [5.74, 6) is 0.640. The highest BCUT2D eigenvalue weighted by Crippen LogP contribution is 2.33. The Morgan fingerprint density at radius 1 is 1.13 bits per heavy atom. The van der Waals surface area contributed by atoms with Crippen molar-refractivity contribution in [3.8, 4) is 0 Å². The number of halogens is 2. The van der Waals surface area contributed by atoms with Gasteiger partial charge in [-0.2, -0.15) is 0 Å². The molecule has 0 unspecified atom stereocenters. The molecule has 0 aromatic heterocycles. The van der Waals surface area contributed by atoms with Crippen molar-refractivity contribution >= 4 is 23.2 Å². The van der Waals surface area contributed by atoms with Gasteiger partial charge in [0.15, 0.2) is 0 Å². The third kappa shape index (κ3) is 2.47. The lowest BCUT2D eigenvalue weighted by Gasteiger charge is -2.24. The second-order valence-electron chi connectivity index (χ2n) is 4.15. The van der Waals surface area contributed by atoms with Crippen LogP contribution in [0.4, 0.5) is 0 Å². The van der Waals surface area contributed by atoms with E-state index in [0.717, 1.165) is 13.1 Å². The minimum atomic E-state index is 0.640. The highest BCUT2D eigenvalue weighted by molar-refractivity contribution is 6.42. The lowest BCUT2D eigenvalue weighted by molar-refractivity contribution is 0.459. The molecule has 0 atom stereocenters. The topological polar surface area (TPSA) is 12.0 Å². The zero-order valence-corrected chi connectivity index (χ0v) is 10.3. The van der Waals surface area contributed by atoms with E-state index in [2.05, 4.69) is 12.2 Å². The van der Waals surface area contributed by atoms with Crippen LogP contribution in [0, 0.1) is 6.92 Å². The number of benzene rings is 1. The Hall–Kier alpha value is -0.240. The van der Waals surface area contributed by atoms with Crippen LogP contribution in [0.5, 0.6) is 0 Å². The van der Waals surface area contributed by atoms with E-state index < -0.39 is 0 Å². The average molecular weight is 244 g/mol. The van der Waals surface area contributed by atoms with E-state index >= 15 is 0 Å². The third-order valence-electron chi connectivity index (χ3n) is 3.09. The molecule has 0 radical (unpaired) electrons. The molecule has 1 aliphatic heterocycles. The van der Waals surface area contributed by atoms with E-state index in [0.29, 0.717) is 16.0 Å². The smallest absolute Gasteiger partial charge is 0.0595 e. The molecule has 1 aliphatic rings. The van der Waals surface area contributed by atoms with E-state index in [1.54, 1.807) is 0 Å². The second kappa shape index (κ2) is 4.73. The van der Waals surface area contributed by atoms with E-state index in [9.17, 15) is 0 Å². The standard InChI is InChI=1S/C12H15Cl2N/c1-8-6-11(13)12(14)7-10(8)9-2-4-15-5-3-9/h6-7,9,15H,2-5H2,1H3. The molecule has 0 amide bonds. The first-order chi connectivity index (χ1) is 7.18. The Bertz CT molecular complexity index is 357. The summed E-state index contributed by atoms with van der Waals surface area (Å²) in [5.41, 5.74) is 2.63. The monoisotopic (exact) mass is 243 g/mol. The van der Waals surface area contributed by atoms with Gasteiger partial charge in [0.1, 0.15) is 0 Å². The molecule has 82 valence electrons. The molecule has 1 nitrogen and oxygen atoms in total. The van der Waals surface area contributed by atoms with E-state index in [4.69, 9.17) is 23.2 Å². The first-order valence-electron chi connectivity index (χ1n) is 5.34. The quantitative estimate of drug-likeness (QED) is 0.792. The minimum absolute atomic E-state index is 0.640. The number of rotatable bonds is 1. The molecule has 1 fully saturated rings. The fraction of sp³-hybridized carbons (Fsp3) is 0.500. The van der Waals surface area contributed by atoms with Crippen molar-refractivity contribution in [3.63, 3.8) is 0 Å². The van der Waals surface area contributed by atoms with Crippen molar-refractivity contribution in [1.82, 2.24) is 5.32 Å². The first kappa shape index (κ1) is 11.3. The number of hydrogen-bond acceptors (Lipinski definition) is 1. The summed E-state index contributed by atoms with van der Waals surface area (Å²) in [4.78, 5) is 0. The van der Waals surface area contributed by atoms with Crippen LogP contribution in [0.25, 0.3) is 0 Å². The van der Waals surface area contributed by atoms with E-state index in [1.165, 1.54) is 24.0 Å². The van der Waals surface area contributed by atoms with Crippen molar-refractivity contribution in [2.45, 2.75) is 25.7 Å². The zero-order valence-electron chi connectivity index (χ0n) is 8.82. The van der Waals surface area contributed by atoms with Gasteiger partial charge in [-0.3, -0.25) is 0 Å². The predicted molar refractivity (Wildman–Crippen MR) is 66.0 cm³/mol. The Kier molecular flexibility index (Phi) is 3.55. The molecule has 1 heterocycles. The van der Waals surface area contributed by atoms with Gasteiger partial charge in [0, 0.05) is 0 Å². The van der Waals surface area contributed by atoms with Crippen LogP contribution in [0.3, 0.4) is 0 Å². The van der Waals surface area contributed by atoms with Crippen LogP contribution < -0.4 is 5.32 Å². The second-order valence-corrected chi connectivity index (χ2v) is 4.96. The van der Waals surface area contributed by atoms with Gasteiger partial charge >= 0.3 is 0 Å². The minimum Gasteiger partial charge on any atom is -0.317 e. The molecule has 0 aliphatic carbocycles. The number of piperidine rings is 1. The molecule has 1 aromatic carbocycles. The van der Waals surface area contributed by atoms with Crippen LogP contribution >= 0.6 is 23.2 Å². The molecule has 3 heteroatoms. The van der Waals surface area contributed by atoms with Crippen LogP contribution in [-0.2, 0) is 0 Å². The molecule has 0 bridgehead atoms. The average Bonchev–Trinajstić information content (AvgIpc) is 2.25. The lowest BCUT2D eigenvalue weighted by atomic mass is 9.87. The van der Waals surface area contributed by atoms with E-state index in [-0.39, 0.29) is 0 Å². The number of hydrogen-bond donors (Lipinski definition) is 1. The van der Waals surface area contributed by atoms with Crippen molar-refractivity contribution in [2.24, 2.45) is 0 Å². The van der Waals surface area contributed by atoms with Crippen LogP contribution in [0.1, 0.15) is 29.9 Å². The predicted octanol–water partition coefficient (Wildman–Crippen LogP) is 3.77. The summed E-state index contributed by atoms with van der Waals surface area (Å²) < 4.78 is 0. The highest BCUT2D eigenvalue weighted by Gasteiger charge is 2.17. The normalized spacial score (nSPS) is 18.1. The van der Waals surface area contributed by atoms with Crippen molar-refractivity contribution in [3.05, 3.63) is 33.3 Å². The van der Waals surface area contributed by atoms with Crippen molar-refractivity contribution in [2.75, 3.05) is 13.1 Å². The van der Waals surface area contributed by atoms with Gasteiger partial charge in [-0.15, -0.1) is 0 Å². The van der Waals surface area contributed by atoms with Gasteiger partial charge in [-0.1, -0.05) is 23.2 Å². The van der Waals surface area contributed by atoms with Gasteiger partial charge < -0.3 is 5.32 Å². The SMILES string of the molecule is Cc1cc(Cl)c(Cl)cc1C1CCNCC1. The molecule has 2 rings (SSSR count). The summed E-state index contributed by atoms with van der Waals surface area (Å²) in [5, 5.41) is 4.71. The van der Waals surface area contributed by atoms with Crippen molar-refractivity contribution < 1.29 is 0 Å². The maximum absolute atomic E-state index is 6.06. The van der Waals surface area contributed by atoms with Gasteiger partial charge in [0.25, 0.3) is 0 Å². The fourth-order valence-corrected chi connectivity index (χ4v) is 2.62. The number of aryl methyl sites for hydroxylation is 1. The van der Waals surface area contributed by atoms with Crippen LogP contribution in [0.2, 0.25) is 10.0 Å². The summed E-state index contributed by atoms with van der Waals surface area (Å²) in [6.07, 6.45) is 2.39. The molecule has 1 aromatic rings. The Labute approximate surface area is 101 Å². The highest BCUT2D eigenvalue weighted by atomic mass is 35.5. The molecule has 15 heavy (non-hydrogen) atoms. The Morgan fingerprint density at radius 2 is 1.73 bits per heavy atom. The Balaban J connectivity index is 2.30. The molecule has 0 spiro atoms. The summed E-state index contributed by atoms with van der Waals surface area (Å²) in [6, 6.07) is 4.01. The maximum atomic E-state index is 6.06. The van der Waals surface area contributed by atoms with Gasteiger partial charge in [-0.25, -0.2) is 0 Å². The van der Waals surface area contributed by atoms with Crippen molar-refractivity contribution in [1.29, 1.82) is 0 Å². The molecule has 0 saturated carbocycles. The molecular weight excluding hydrogens is 229 g/mol. The first-order valence-corrected chi connectivity index (χ1v) is 6.10. The largest absolute Gasteiger partial charge is 0.317 e. The summed E-state index contributed by atoms with van der Waals surface area (Å²) in [7, 11) is 0. The molecule has 1 N–H and O–H groups in total.